The molecule has 0 amide bonds. The summed E-state index contributed by atoms with van der Waals surface area (Å²) in [6, 6.07) is 3.85. The van der Waals surface area contributed by atoms with Gasteiger partial charge in [-0.15, -0.1) is 0 Å². The van der Waals surface area contributed by atoms with Gasteiger partial charge in [0.15, 0.2) is 11.6 Å². The molecule has 6 heteroatoms. The van der Waals surface area contributed by atoms with E-state index in [9.17, 15) is 4.39 Å². The van der Waals surface area contributed by atoms with Gasteiger partial charge in [0.2, 0.25) is 0 Å². The summed E-state index contributed by atoms with van der Waals surface area (Å²) in [7, 11) is 3.86. The highest BCUT2D eigenvalue weighted by molar-refractivity contribution is 5.43. The van der Waals surface area contributed by atoms with Gasteiger partial charge in [-0.05, 0) is 17.7 Å². The molecule has 0 saturated heterocycles. The van der Waals surface area contributed by atoms with E-state index >= 15 is 0 Å². The Balaban J connectivity index is 2.17. The number of nitrogens with one attached hydrogen (secondary N) is 1. The molecule has 0 aliphatic rings. The molecular formula is C16H22FN5. The van der Waals surface area contributed by atoms with Crippen molar-refractivity contribution in [1.82, 2.24) is 15.0 Å². The first-order chi connectivity index (χ1) is 10.3. The van der Waals surface area contributed by atoms with Crippen LogP contribution in [0.3, 0.4) is 0 Å². The SMILES string of the molecule is CN(C)c1cc(CNc2ncnc(C(C)(C)C)c2F)ccn1. The Morgan fingerprint density at radius 3 is 2.55 bits per heavy atom. The summed E-state index contributed by atoms with van der Waals surface area (Å²) >= 11 is 0. The predicted octanol–water partition coefficient (Wildman–Crippen LogP) is 2.99. The van der Waals surface area contributed by atoms with Crippen molar-refractivity contribution in [3.8, 4) is 0 Å². The van der Waals surface area contributed by atoms with Crippen LogP contribution in [0.1, 0.15) is 32.0 Å². The average Bonchev–Trinajstić information content (AvgIpc) is 2.45. The third-order valence-corrected chi connectivity index (χ3v) is 3.23. The molecule has 0 spiro atoms. The molecule has 22 heavy (non-hydrogen) atoms. The van der Waals surface area contributed by atoms with Crippen molar-refractivity contribution >= 4 is 11.6 Å². The lowest BCUT2D eigenvalue weighted by Crippen LogP contribution is -2.18. The molecule has 0 aliphatic heterocycles. The normalized spacial score (nSPS) is 11.4. The van der Waals surface area contributed by atoms with Gasteiger partial charge in [-0.2, -0.15) is 0 Å². The standard InChI is InChI=1S/C16H22FN5/c1-16(2,3)14-13(17)15(21-10-20-14)19-9-11-6-7-18-12(8-11)22(4)5/h6-8,10H,9H2,1-5H3,(H,19,20,21). The number of aromatic nitrogens is 3. The van der Waals surface area contributed by atoms with Crippen LogP contribution in [0.2, 0.25) is 0 Å². The molecule has 2 aromatic rings. The highest BCUT2D eigenvalue weighted by Crippen LogP contribution is 2.25. The molecule has 5 nitrogen and oxygen atoms in total. The Morgan fingerprint density at radius 1 is 1.18 bits per heavy atom. The van der Waals surface area contributed by atoms with Crippen LogP contribution in [0.25, 0.3) is 0 Å². The fourth-order valence-electron chi connectivity index (χ4n) is 2.02. The molecule has 1 N–H and O–H groups in total. The Bertz CT molecular complexity index is 649. The summed E-state index contributed by atoms with van der Waals surface area (Å²) in [4.78, 5) is 14.2. The highest BCUT2D eigenvalue weighted by Gasteiger charge is 2.22. The van der Waals surface area contributed by atoms with Crippen LogP contribution in [0.4, 0.5) is 16.0 Å². The number of hydrogen-bond donors (Lipinski definition) is 1. The van der Waals surface area contributed by atoms with E-state index in [1.54, 1.807) is 6.20 Å². The number of halogens is 1. The topological polar surface area (TPSA) is 53.9 Å². The number of nitrogens with zero attached hydrogens (tertiary/aromatic N) is 4. The van der Waals surface area contributed by atoms with E-state index in [0.717, 1.165) is 11.4 Å². The number of pyridine rings is 1. The average molecular weight is 303 g/mol. The quantitative estimate of drug-likeness (QED) is 0.941. The third kappa shape index (κ3) is 3.69. The third-order valence-electron chi connectivity index (χ3n) is 3.23. The van der Waals surface area contributed by atoms with Crippen molar-refractivity contribution in [2.24, 2.45) is 0 Å². The number of rotatable bonds is 4. The fourth-order valence-corrected chi connectivity index (χ4v) is 2.02. The molecule has 118 valence electrons. The summed E-state index contributed by atoms with van der Waals surface area (Å²) in [6.45, 7) is 6.25. The molecule has 2 aromatic heterocycles. The minimum absolute atomic E-state index is 0.225. The van der Waals surface area contributed by atoms with E-state index in [4.69, 9.17) is 0 Å². The van der Waals surface area contributed by atoms with Crippen molar-refractivity contribution in [3.63, 3.8) is 0 Å². The fraction of sp³-hybridized carbons (Fsp3) is 0.438. The van der Waals surface area contributed by atoms with Crippen LogP contribution < -0.4 is 10.2 Å². The molecule has 0 aliphatic carbocycles. The maximum atomic E-state index is 14.5. The first-order valence-electron chi connectivity index (χ1n) is 7.16. The second kappa shape index (κ2) is 6.25. The molecule has 0 unspecified atom stereocenters. The zero-order valence-electron chi connectivity index (χ0n) is 13.7. The molecule has 0 radical (unpaired) electrons. The molecule has 2 rings (SSSR count). The first kappa shape index (κ1) is 16.1. The second-order valence-corrected chi connectivity index (χ2v) is 6.41. The maximum Gasteiger partial charge on any atom is 0.187 e. The lowest BCUT2D eigenvalue weighted by molar-refractivity contribution is 0.500. The Kier molecular flexibility index (Phi) is 4.59. The number of hydrogen-bond acceptors (Lipinski definition) is 5. The predicted molar refractivity (Wildman–Crippen MR) is 86.6 cm³/mol. The smallest absolute Gasteiger partial charge is 0.187 e. The van der Waals surface area contributed by atoms with Gasteiger partial charge >= 0.3 is 0 Å². The van der Waals surface area contributed by atoms with Crippen molar-refractivity contribution in [1.29, 1.82) is 0 Å². The van der Waals surface area contributed by atoms with Crippen molar-refractivity contribution in [2.75, 3.05) is 24.3 Å². The summed E-state index contributed by atoms with van der Waals surface area (Å²) in [6.07, 6.45) is 3.13. The Morgan fingerprint density at radius 2 is 1.91 bits per heavy atom. The lowest BCUT2D eigenvalue weighted by Gasteiger charge is -2.19. The van der Waals surface area contributed by atoms with Crippen molar-refractivity contribution in [2.45, 2.75) is 32.7 Å². The van der Waals surface area contributed by atoms with Crippen LogP contribution in [0.5, 0.6) is 0 Å². The summed E-state index contributed by atoms with van der Waals surface area (Å²) < 4.78 is 14.5. The Labute approximate surface area is 130 Å². The summed E-state index contributed by atoms with van der Waals surface area (Å²) in [5.74, 6) is 0.692. The molecule has 0 aromatic carbocycles. The van der Waals surface area contributed by atoms with E-state index in [1.165, 1.54) is 6.33 Å². The maximum absolute atomic E-state index is 14.5. The lowest BCUT2D eigenvalue weighted by atomic mass is 9.91. The number of anilines is 2. The molecule has 0 saturated carbocycles. The van der Waals surface area contributed by atoms with E-state index in [0.29, 0.717) is 12.2 Å². The summed E-state index contributed by atoms with van der Waals surface area (Å²) in [5.41, 5.74) is 1.06. The minimum atomic E-state index is -0.392. The molecule has 2 heterocycles. The molecular weight excluding hydrogens is 281 g/mol. The van der Waals surface area contributed by atoms with Gasteiger partial charge in [0.05, 0.1) is 5.69 Å². The van der Waals surface area contributed by atoms with Gasteiger partial charge in [0, 0.05) is 32.3 Å². The highest BCUT2D eigenvalue weighted by atomic mass is 19.1. The van der Waals surface area contributed by atoms with E-state index in [-0.39, 0.29) is 11.2 Å². The van der Waals surface area contributed by atoms with Crippen molar-refractivity contribution in [3.05, 3.63) is 41.7 Å². The summed E-state index contributed by atoms with van der Waals surface area (Å²) in [5, 5.41) is 3.04. The van der Waals surface area contributed by atoms with Gasteiger partial charge < -0.3 is 10.2 Å². The van der Waals surface area contributed by atoms with E-state index in [1.807, 2.05) is 51.9 Å². The van der Waals surface area contributed by atoms with Crippen LogP contribution in [-0.2, 0) is 12.0 Å². The molecule has 0 fully saturated rings. The van der Waals surface area contributed by atoms with E-state index in [2.05, 4.69) is 20.3 Å². The van der Waals surface area contributed by atoms with Crippen LogP contribution in [0.15, 0.2) is 24.7 Å². The van der Waals surface area contributed by atoms with Gasteiger partial charge in [0.1, 0.15) is 12.1 Å². The second-order valence-electron chi connectivity index (χ2n) is 6.41. The largest absolute Gasteiger partial charge is 0.363 e. The Hall–Kier alpha value is -2.24. The van der Waals surface area contributed by atoms with Crippen LogP contribution in [0, 0.1) is 5.82 Å². The zero-order valence-corrected chi connectivity index (χ0v) is 13.7. The van der Waals surface area contributed by atoms with Crippen LogP contribution >= 0.6 is 0 Å². The zero-order chi connectivity index (χ0) is 16.3. The van der Waals surface area contributed by atoms with Crippen molar-refractivity contribution < 1.29 is 4.39 Å². The van der Waals surface area contributed by atoms with Gasteiger partial charge in [-0.3, -0.25) is 0 Å². The molecule has 0 atom stereocenters. The van der Waals surface area contributed by atoms with Crippen LogP contribution in [-0.4, -0.2) is 29.0 Å². The van der Waals surface area contributed by atoms with Gasteiger partial charge in [0.25, 0.3) is 0 Å². The van der Waals surface area contributed by atoms with E-state index < -0.39 is 5.82 Å². The van der Waals surface area contributed by atoms with Gasteiger partial charge in [-0.25, -0.2) is 19.3 Å². The minimum Gasteiger partial charge on any atom is -0.363 e. The van der Waals surface area contributed by atoms with Gasteiger partial charge in [-0.1, -0.05) is 20.8 Å². The first-order valence-corrected chi connectivity index (χ1v) is 7.16. The monoisotopic (exact) mass is 303 g/mol. The molecule has 0 bridgehead atoms.